The molecule has 0 saturated carbocycles. The second kappa shape index (κ2) is 8.35. The zero-order valence-corrected chi connectivity index (χ0v) is 14.5. The van der Waals surface area contributed by atoms with Crippen LogP contribution in [0.4, 0.5) is 0 Å². The molecule has 0 aliphatic carbocycles. The van der Waals surface area contributed by atoms with Crippen LogP contribution in [0.1, 0.15) is 54.4 Å². The molecule has 0 saturated heterocycles. The van der Waals surface area contributed by atoms with Gasteiger partial charge in [-0.25, -0.2) is 0 Å². The standard InChI is InChI=1S/C14H30N2O2Si/c1-7-11-15(13(5)17)19(9-3,10-4)16(12-8-2)14(6)18/h7-12H2,1-6H3. The minimum atomic E-state index is -2.20. The lowest BCUT2D eigenvalue weighted by Crippen LogP contribution is -2.67. The summed E-state index contributed by atoms with van der Waals surface area (Å²) < 4.78 is 4.04. The van der Waals surface area contributed by atoms with Gasteiger partial charge in [-0.05, 0) is 24.9 Å². The van der Waals surface area contributed by atoms with E-state index in [1.54, 1.807) is 13.8 Å². The molecule has 5 heteroatoms. The van der Waals surface area contributed by atoms with Crippen LogP contribution >= 0.6 is 0 Å². The van der Waals surface area contributed by atoms with Crippen LogP contribution in [0.25, 0.3) is 0 Å². The van der Waals surface area contributed by atoms with E-state index in [0.29, 0.717) is 0 Å². The highest BCUT2D eigenvalue weighted by atomic mass is 28.3. The van der Waals surface area contributed by atoms with Crippen molar-refractivity contribution in [3.8, 4) is 0 Å². The molecule has 0 N–H and O–H groups in total. The van der Waals surface area contributed by atoms with Crippen LogP contribution in [0.15, 0.2) is 0 Å². The van der Waals surface area contributed by atoms with E-state index in [1.165, 1.54) is 0 Å². The maximum Gasteiger partial charge on any atom is 0.268 e. The molecule has 4 nitrogen and oxygen atoms in total. The zero-order chi connectivity index (χ0) is 15.1. The molecule has 0 aliphatic rings. The first-order chi connectivity index (χ1) is 8.91. The SMILES string of the molecule is CCCN(C(C)=O)[Si](CC)(CC)N(CCC)C(C)=O. The van der Waals surface area contributed by atoms with Crippen LogP contribution in [0, 0.1) is 0 Å². The van der Waals surface area contributed by atoms with E-state index in [4.69, 9.17) is 0 Å². The van der Waals surface area contributed by atoms with Gasteiger partial charge in [0.25, 0.3) is 8.40 Å². The molecule has 112 valence electrons. The van der Waals surface area contributed by atoms with Gasteiger partial charge in [0.15, 0.2) is 0 Å². The van der Waals surface area contributed by atoms with Crippen molar-refractivity contribution in [3.05, 3.63) is 0 Å². The number of nitrogens with zero attached hydrogens (tertiary/aromatic N) is 2. The normalized spacial score (nSPS) is 11.3. The summed E-state index contributed by atoms with van der Waals surface area (Å²) in [5.74, 6) is 0.221. The predicted molar refractivity (Wildman–Crippen MR) is 82.1 cm³/mol. The largest absolute Gasteiger partial charge is 0.352 e. The number of hydrogen-bond acceptors (Lipinski definition) is 2. The van der Waals surface area contributed by atoms with Gasteiger partial charge in [-0.3, -0.25) is 9.59 Å². The van der Waals surface area contributed by atoms with Crippen LogP contribution in [-0.4, -0.2) is 42.4 Å². The third-order valence-electron chi connectivity index (χ3n) is 3.79. The fourth-order valence-electron chi connectivity index (χ4n) is 2.92. The van der Waals surface area contributed by atoms with E-state index in [2.05, 4.69) is 27.7 Å². The Morgan fingerprint density at radius 2 is 1.11 bits per heavy atom. The van der Waals surface area contributed by atoms with E-state index >= 15 is 0 Å². The van der Waals surface area contributed by atoms with Crippen molar-refractivity contribution >= 4 is 20.2 Å². The van der Waals surface area contributed by atoms with Gasteiger partial charge in [-0.1, -0.05) is 27.7 Å². The smallest absolute Gasteiger partial charge is 0.268 e. The van der Waals surface area contributed by atoms with E-state index in [1.807, 2.05) is 9.13 Å². The summed E-state index contributed by atoms with van der Waals surface area (Å²) >= 11 is 0. The topological polar surface area (TPSA) is 40.6 Å². The summed E-state index contributed by atoms with van der Waals surface area (Å²) in [6.07, 6.45) is 1.87. The molecule has 0 rings (SSSR count). The highest BCUT2D eigenvalue weighted by molar-refractivity contribution is 6.78. The fraction of sp³-hybridized carbons (Fsp3) is 0.857. The third-order valence-corrected chi connectivity index (χ3v) is 9.14. The van der Waals surface area contributed by atoms with Crippen molar-refractivity contribution in [1.82, 2.24) is 9.13 Å². The number of hydrogen-bond donors (Lipinski definition) is 0. The van der Waals surface area contributed by atoms with Crippen molar-refractivity contribution in [2.75, 3.05) is 13.1 Å². The van der Waals surface area contributed by atoms with E-state index in [-0.39, 0.29) is 11.8 Å². The van der Waals surface area contributed by atoms with Crippen LogP contribution in [0.3, 0.4) is 0 Å². The number of carbonyl (C=O) groups is 2. The van der Waals surface area contributed by atoms with Gasteiger partial charge in [0.1, 0.15) is 0 Å². The summed E-state index contributed by atoms with van der Waals surface area (Å²) in [6.45, 7) is 13.2. The first kappa shape index (κ1) is 18.2. The van der Waals surface area contributed by atoms with Crippen LogP contribution < -0.4 is 0 Å². The first-order valence-corrected chi connectivity index (χ1v) is 9.78. The Morgan fingerprint density at radius 3 is 1.26 bits per heavy atom. The average Bonchev–Trinajstić information content (AvgIpc) is 2.37. The molecule has 0 unspecified atom stereocenters. The van der Waals surface area contributed by atoms with Crippen LogP contribution in [0.5, 0.6) is 0 Å². The molecule has 0 bridgehead atoms. The van der Waals surface area contributed by atoms with Crippen molar-refractivity contribution in [2.24, 2.45) is 0 Å². The lowest BCUT2D eigenvalue weighted by atomic mass is 10.5. The van der Waals surface area contributed by atoms with Gasteiger partial charge in [-0.2, -0.15) is 0 Å². The van der Waals surface area contributed by atoms with Gasteiger partial charge >= 0.3 is 0 Å². The number of amides is 2. The molecule has 0 aromatic rings. The molecule has 0 aromatic heterocycles. The predicted octanol–water partition coefficient (Wildman–Crippen LogP) is 2.99. The van der Waals surface area contributed by atoms with Crippen LogP contribution in [0.2, 0.25) is 12.1 Å². The molecule has 0 atom stereocenters. The fourth-order valence-corrected chi connectivity index (χ4v) is 7.69. The summed E-state index contributed by atoms with van der Waals surface area (Å²) in [5.41, 5.74) is 0. The van der Waals surface area contributed by atoms with Crippen LogP contribution in [-0.2, 0) is 9.59 Å². The van der Waals surface area contributed by atoms with Crippen molar-refractivity contribution < 1.29 is 9.59 Å². The monoisotopic (exact) mass is 286 g/mol. The maximum atomic E-state index is 12.1. The molecule has 19 heavy (non-hydrogen) atoms. The lowest BCUT2D eigenvalue weighted by molar-refractivity contribution is -0.127. The summed E-state index contributed by atoms with van der Waals surface area (Å²) in [5, 5.41) is 0. The molecule has 0 spiro atoms. The molecule has 0 heterocycles. The molecule has 0 aromatic carbocycles. The molecule has 0 fully saturated rings. The Labute approximate surface area is 119 Å². The summed E-state index contributed by atoms with van der Waals surface area (Å²) in [7, 11) is -2.20. The molecule has 0 aliphatic heterocycles. The Hall–Kier alpha value is -0.843. The molecule has 2 amide bonds. The van der Waals surface area contributed by atoms with E-state index in [9.17, 15) is 9.59 Å². The zero-order valence-electron chi connectivity index (χ0n) is 13.5. The second-order valence-electron chi connectivity index (χ2n) is 5.03. The minimum absolute atomic E-state index is 0.111. The third kappa shape index (κ3) is 4.06. The second-order valence-corrected chi connectivity index (χ2v) is 9.49. The van der Waals surface area contributed by atoms with Gasteiger partial charge < -0.3 is 9.13 Å². The average molecular weight is 286 g/mol. The quantitative estimate of drug-likeness (QED) is 0.644. The van der Waals surface area contributed by atoms with Gasteiger partial charge in [0.2, 0.25) is 11.8 Å². The van der Waals surface area contributed by atoms with Gasteiger partial charge in [0, 0.05) is 26.9 Å². The van der Waals surface area contributed by atoms with E-state index in [0.717, 1.165) is 38.0 Å². The van der Waals surface area contributed by atoms with Crippen molar-refractivity contribution in [3.63, 3.8) is 0 Å². The molecule has 0 radical (unpaired) electrons. The Kier molecular flexibility index (Phi) is 7.98. The van der Waals surface area contributed by atoms with Gasteiger partial charge in [0.05, 0.1) is 0 Å². The highest BCUT2D eigenvalue weighted by Crippen LogP contribution is 2.26. The lowest BCUT2D eigenvalue weighted by Gasteiger charge is -2.47. The van der Waals surface area contributed by atoms with Crippen molar-refractivity contribution in [2.45, 2.75) is 66.5 Å². The molecular weight excluding hydrogens is 256 g/mol. The Morgan fingerprint density at radius 1 is 0.789 bits per heavy atom. The first-order valence-electron chi connectivity index (χ1n) is 7.47. The summed E-state index contributed by atoms with van der Waals surface area (Å²) in [6, 6.07) is 1.81. The molecular formula is C14H30N2O2Si. The summed E-state index contributed by atoms with van der Waals surface area (Å²) in [4.78, 5) is 24.1. The number of carbonyl (C=O) groups excluding carboxylic acids is 2. The Bertz CT molecular complexity index is 278. The van der Waals surface area contributed by atoms with Gasteiger partial charge in [-0.15, -0.1) is 0 Å². The highest BCUT2D eigenvalue weighted by Gasteiger charge is 2.45. The maximum absolute atomic E-state index is 12.1. The van der Waals surface area contributed by atoms with E-state index < -0.39 is 8.40 Å². The Balaban J connectivity index is 5.62. The minimum Gasteiger partial charge on any atom is -0.352 e. The number of rotatable bonds is 8. The van der Waals surface area contributed by atoms with Crippen molar-refractivity contribution in [1.29, 1.82) is 0 Å².